The lowest BCUT2D eigenvalue weighted by Gasteiger charge is -2.28. The van der Waals surface area contributed by atoms with Crippen LogP contribution in [0.2, 0.25) is 0 Å². The van der Waals surface area contributed by atoms with Crippen LogP contribution < -0.4 is 5.32 Å². The van der Waals surface area contributed by atoms with Crippen LogP contribution in [0.1, 0.15) is 12.2 Å². The van der Waals surface area contributed by atoms with Gasteiger partial charge in [-0.2, -0.15) is 13.2 Å². The van der Waals surface area contributed by atoms with E-state index < -0.39 is 11.6 Å². The number of imidazole rings is 1. The zero-order valence-electron chi connectivity index (χ0n) is 9.25. The summed E-state index contributed by atoms with van der Waals surface area (Å²) in [5, 5.41) is 2.75. The molecule has 3 rings (SSSR count). The van der Waals surface area contributed by atoms with E-state index in [9.17, 15) is 13.2 Å². The lowest BCUT2D eigenvalue weighted by molar-refractivity contribution is -0.186. The first-order valence-electron chi connectivity index (χ1n) is 5.47. The second-order valence-electron chi connectivity index (χ2n) is 4.35. The number of aromatic amines is 1. The van der Waals surface area contributed by atoms with E-state index in [1.54, 1.807) is 0 Å². The fraction of sp³-hybridized carbons (Fsp3) is 0.500. The smallest absolute Gasteiger partial charge is 0.339 e. The minimum atomic E-state index is -4.35. The molecular weight excluding hydrogens is 247 g/mol. The molecule has 1 atom stereocenters. The molecule has 18 heavy (non-hydrogen) atoms. The molecule has 8 heteroatoms. The van der Waals surface area contributed by atoms with Crippen LogP contribution in [0.3, 0.4) is 0 Å². The van der Waals surface area contributed by atoms with Crippen LogP contribution in [0.25, 0.3) is 11.2 Å². The summed E-state index contributed by atoms with van der Waals surface area (Å²) >= 11 is 0. The second kappa shape index (κ2) is 3.64. The van der Waals surface area contributed by atoms with Crippen LogP contribution in [-0.4, -0.2) is 39.2 Å². The number of rotatable bonds is 1. The van der Waals surface area contributed by atoms with E-state index in [2.05, 4.69) is 25.3 Å². The summed E-state index contributed by atoms with van der Waals surface area (Å²) in [7, 11) is 0. The zero-order valence-corrected chi connectivity index (χ0v) is 9.25. The van der Waals surface area contributed by atoms with Gasteiger partial charge < -0.3 is 10.3 Å². The van der Waals surface area contributed by atoms with Crippen molar-refractivity contribution >= 4 is 11.2 Å². The molecule has 0 radical (unpaired) electrons. The van der Waals surface area contributed by atoms with Gasteiger partial charge in [0, 0.05) is 6.54 Å². The van der Waals surface area contributed by atoms with Gasteiger partial charge in [-0.3, -0.25) is 0 Å². The summed E-state index contributed by atoms with van der Waals surface area (Å²) in [5.41, 5.74) is -1.27. The highest BCUT2D eigenvalue weighted by atomic mass is 19.4. The van der Waals surface area contributed by atoms with E-state index in [-0.39, 0.29) is 24.4 Å². The van der Waals surface area contributed by atoms with Crippen molar-refractivity contribution in [2.24, 2.45) is 0 Å². The maximum Gasteiger partial charge on any atom is 0.402 e. The third-order valence-corrected chi connectivity index (χ3v) is 3.31. The van der Waals surface area contributed by atoms with Gasteiger partial charge in [-0.15, -0.1) is 0 Å². The summed E-state index contributed by atoms with van der Waals surface area (Å²) in [5.74, 6) is -0.0875. The average molecular weight is 257 g/mol. The largest absolute Gasteiger partial charge is 0.402 e. The molecule has 0 aromatic carbocycles. The lowest BCUT2D eigenvalue weighted by atomic mass is 9.85. The van der Waals surface area contributed by atoms with Gasteiger partial charge in [0.05, 0.1) is 6.20 Å². The molecule has 0 amide bonds. The van der Waals surface area contributed by atoms with Crippen molar-refractivity contribution in [2.75, 3.05) is 13.1 Å². The molecular formula is C10H10F3N5. The van der Waals surface area contributed by atoms with Gasteiger partial charge in [0.25, 0.3) is 0 Å². The molecule has 96 valence electrons. The number of hydrogen-bond donors (Lipinski definition) is 2. The lowest BCUT2D eigenvalue weighted by Crippen LogP contribution is -2.45. The Balaban J connectivity index is 2.16. The van der Waals surface area contributed by atoms with Crippen LogP contribution in [0, 0.1) is 0 Å². The third-order valence-electron chi connectivity index (χ3n) is 3.31. The molecule has 0 aliphatic carbocycles. The molecule has 1 aliphatic rings. The number of halogens is 3. The summed E-state index contributed by atoms with van der Waals surface area (Å²) in [6, 6.07) is 0. The maximum atomic E-state index is 13.3. The second-order valence-corrected chi connectivity index (χ2v) is 4.35. The molecule has 0 bridgehead atoms. The molecule has 2 aromatic rings. The van der Waals surface area contributed by atoms with Crippen molar-refractivity contribution in [1.29, 1.82) is 0 Å². The van der Waals surface area contributed by atoms with Crippen molar-refractivity contribution in [1.82, 2.24) is 25.3 Å². The number of fused-ring (bicyclic) bond motifs is 1. The van der Waals surface area contributed by atoms with Crippen LogP contribution in [0.5, 0.6) is 0 Å². The molecule has 1 unspecified atom stereocenters. The molecule has 0 spiro atoms. The topological polar surface area (TPSA) is 66.5 Å². The molecule has 0 saturated carbocycles. The minimum Gasteiger partial charge on any atom is -0.339 e. The Morgan fingerprint density at radius 3 is 2.78 bits per heavy atom. The van der Waals surface area contributed by atoms with Crippen LogP contribution >= 0.6 is 0 Å². The van der Waals surface area contributed by atoms with Crippen LogP contribution in [0.15, 0.2) is 12.5 Å². The molecule has 1 fully saturated rings. The van der Waals surface area contributed by atoms with Gasteiger partial charge in [0.15, 0.2) is 5.65 Å². The molecule has 1 saturated heterocycles. The quantitative estimate of drug-likeness (QED) is 0.804. The van der Waals surface area contributed by atoms with Crippen molar-refractivity contribution in [3.63, 3.8) is 0 Å². The fourth-order valence-electron chi connectivity index (χ4n) is 2.26. The summed E-state index contributed by atoms with van der Waals surface area (Å²) in [4.78, 5) is 14.3. The highest BCUT2D eigenvalue weighted by Crippen LogP contribution is 2.44. The SMILES string of the molecule is FC(F)(F)C1(c2nc3ncncc3[nH]2)CCNC1. The van der Waals surface area contributed by atoms with Gasteiger partial charge in [-0.1, -0.05) is 0 Å². The van der Waals surface area contributed by atoms with Gasteiger partial charge in [-0.25, -0.2) is 15.0 Å². The number of aromatic nitrogens is 4. The van der Waals surface area contributed by atoms with Gasteiger partial charge in [0.2, 0.25) is 0 Å². The molecule has 1 aliphatic heterocycles. The first-order valence-corrected chi connectivity index (χ1v) is 5.47. The summed E-state index contributed by atoms with van der Waals surface area (Å²) in [6.45, 7) is 0.159. The van der Waals surface area contributed by atoms with Crippen molar-refractivity contribution in [3.05, 3.63) is 18.3 Å². The fourth-order valence-corrected chi connectivity index (χ4v) is 2.26. The monoisotopic (exact) mass is 257 g/mol. The summed E-state index contributed by atoms with van der Waals surface area (Å²) in [6.07, 6.45) is -1.69. The predicted octanol–water partition coefficient (Wildman–Crippen LogP) is 1.15. The third kappa shape index (κ3) is 1.48. The Morgan fingerprint density at radius 2 is 2.17 bits per heavy atom. The Hall–Kier alpha value is -1.70. The number of nitrogens with zero attached hydrogens (tertiary/aromatic N) is 3. The van der Waals surface area contributed by atoms with Crippen molar-refractivity contribution in [3.8, 4) is 0 Å². The van der Waals surface area contributed by atoms with E-state index in [0.29, 0.717) is 12.1 Å². The van der Waals surface area contributed by atoms with Crippen LogP contribution in [-0.2, 0) is 5.41 Å². The number of nitrogens with one attached hydrogen (secondary N) is 2. The Labute approximate surface area is 99.8 Å². The maximum absolute atomic E-state index is 13.3. The van der Waals surface area contributed by atoms with E-state index in [1.807, 2.05) is 0 Å². The first-order chi connectivity index (χ1) is 8.53. The van der Waals surface area contributed by atoms with Crippen LogP contribution in [0.4, 0.5) is 13.2 Å². The predicted molar refractivity (Wildman–Crippen MR) is 56.9 cm³/mol. The Bertz CT molecular complexity index is 537. The molecule has 2 aromatic heterocycles. The van der Waals surface area contributed by atoms with Crippen molar-refractivity contribution < 1.29 is 13.2 Å². The molecule has 5 nitrogen and oxygen atoms in total. The number of H-pyrrole nitrogens is 1. The highest BCUT2D eigenvalue weighted by Gasteiger charge is 2.59. The normalized spacial score (nSPS) is 24.8. The minimum absolute atomic E-state index is 0.0241. The number of alkyl halides is 3. The van der Waals surface area contributed by atoms with Gasteiger partial charge in [0.1, 0.15) is 23.1 Å². The van der Waals surface area contributed by atoms with E-state index in [0.717, 1.165) is 0 Å². The van der Waals surface area contributed by atoms with E-state index in [4.69, 9.17) is 0 Å². The van der Waals surface area contributed by atoms with Gasteiger partial charge >= 0.3 is 6.18 Å². The highest BCUT2D eigenvalue weighted by molar-refractivity contribution is 5.69. The van der Waals surface area contributed by atoms with Gasteiger partial charge in [-0.05, 0) is 13.0 Å². The zero-order chi connectivity index (χ0) is 12.8. The molecule has 3 heterocycles. The average Bonchev–Trinajstić information content (AvgIpc) is 2.95. The Morgan fingerprint density at radius 1 is 1.33 bits per heavy atom. The molecule has 2 N–H and O–H groups in total. The standard InChI is InChI=1S/C10H10F3N5/c11-10(12,13)9(1-2-14-4-9)8-17-6-3-15-5-16-7(6)18-8/h3,5,14H,1-2,4H2,(H,15,16,17,18). The number of hydrogen-bond acceptors (Lipinski definition) is 4. The van der Waals surface area contributed by atoms with E-state index >= 15 is 0 Å². The van der Waals surface area contributed by atoms with E-state index in [1.165, 1.54) is 12.5 Å². The van der Waals surface area contributed by atoms with Crippen molar-refractivity contribution in [2.45, 2.75) is 18.0 Å². The summed E-state index contributed by atoms with van der Waals surface area (Å²) < 4.78 is 39.9. The Kier molecular flexibility index (Phi) is 2.31. The first kappa shape index (κ1) is 11.4.